The highest BCUT2D eigenvalue weighted by atomic mass is 16.3. The van der Waals surface area contributed by atoms with Crippen LogP contribution in [0.5, 0.6) is 0 Å². The van der Waals surface area contributed by atoms with Crippen molar-refractivity contribution < 1.29 is 14.7 Å². The van der Waals surface area contributed by atoms with Crippen molar-refractivity contribution in [2.24, 2.45) is 0 Å². The maximum absolute atomic E-state index is 11.4. The molecule has 0 aliphatic heterocycles. The van der Waals surface area contributed by atoms with Crippen molar-refractivity contribution in [2.75, 3.05) is 6.61 Å². The lowest BCUT2D eigenvalue weighted by Gasteiger charge is -1.97. The molecule has 0 bridgehead atoms. The van der Waals surface area contributed by atoms with E-state index in [9.17, 15) is 9.59 Å². The van der Waals surface area contributed by atoms with Gasteiger partial charge in [-0.3, -0.25) is 9.59 Å². The van der Waals surface area contributed by atoms with E-state index in [1.807, 2.05) is 0 Å². The van der Waals surface area contributed by atoms with Crippen molar-refractivity contribution in [3.8, 4) is 23.7 Å². The van der Waals surface area contributed by atoms with Crippen LogP contribution in [0.4, 0.5) is 0 Å². The zero-order valence-corrected chi connectivity index (χ0v) is 12.2. The average molecular weight is 284 g/mol. The fraction of sp³-hybridized carbons (Fsp3) is 0.444. The summed E-state index contributed by atoms with van der Waals surface area (Å²) in [7, 11) is 0. The fourth-order valence-electron chi connectivity index (χ4n) is 1.85. The van der Waals surface area contributed by atoms with Gasteiger partial charge < -0.3 is 5.11 Å². The van der Waals surface area contributed by atoms with E-state index in [4.69, 9.17) is 5.11 Å². The molecule has 1 N–H and O–H groups in total. The Labute approximate surface area is 126 Å². The lowest BCUT2D eigenvalue weighted by atomic mass is 10.0. The van der Waals surface area contributed by atoms with Gasteiger partial charge >= 0.3 is 0 Å². The Bertz CT molecular complexity index is 544. The number of hydrogen-bond acceptors (Lipinski definition) is 3. The van der Waals surface area contributed by atoms with Gasteiger partial charge in [-0.05, 0) is 42.8 Å². The van der Waals surface area contributed by atoms with Crippen LogP contribution in [0.3, 0.4) is 0 Å². The summed E-state index contributed by atoms with van der Waals surface area (Å²) in [5.41, 5.74) is 0.209. The molecule has 0 radical (unpaired) electrons. The lowest BCUT2D eigenvalue weighted by molar-refractivity contribution is -0.131. The summed E-state index contributed by atoms with van der Waals surface area (Å²) >= 11 is 0. The Morgan fingerprint density at radius 2 is 1.67 bits per heavy atom. The first-order valence-corrected chi connectivity index (χ1v) is 7.32. The van der Waals surface area contributed by atoms with Crippen LogP contribution >= 0.6 is 0 Å². The monoisotopic (exact) mass is 284 g/mol. The second kappa shape index (κ2) is 10.7. The molecule has 1 rings (SSSR count). The minimum atomic E-state index is -0.560. The second-order valence-electron chi connectivity index (χ2n) is 4.78. The van der Waals surface area contributed by atoms with Crippen molar-refractivity contribution in [2.45, 2.75) is 44.9 Å². The second-order valence-corrected chi connectivity index (χ2v) is 4.78. The number of unbranched alkanes of at least 4 members (excludes halogenated alkanes) is 6. The molecule has 0 amide bonds. The maximum Gasteiger partial charge on any atom is 0.241 e. The standard InChI is InChI=1S/C18H20O3/c19-15-10-8-6-4-2-1-3-5-7-9-12-16-13-11-14-17(20)18(16)21/h11,13-14,19H,1-4,6,8,10,15H2. The number of ketones is 2. The zero-order chi connectivity index (χ0) is 15.3. The van der Waals surface area contributed by atoms with Gasteiger partial charge in [0.05, 0.1) is 5.57 Å². The van der Waals surface area contributed by atoms with Gasteiger partial charge in [0, 0.05) is 13.0 Å². The number of allylic oxidation sites excluding steroid dienone is 4. The Balaban J connectivity index is 2.18. The van der Waals surface area contributed by atoms with E-state index in [2.05, 4.69) is 23.7 Å². The maximum atomic E-state index is 11.4. The first kappa shape index (κ1) is 17.0. The third-order valence-corrected chi connectivity index (χ3v) is 3.04. The van der Waals surface area contributed by atoms with E-state index in [1.165, 1.54) is 24.6 Å². The molecule has 3 nitrogen and oxygen atoms in total. The number of Topliss-reactive ketones (excluding diaryl/α,β-unsaturated/α-hetero) is 1. The van der Waals surface area contributed by atoms with Gasteiger partial charge in [0.15, 0.2) is 0 Å². The Hall–Kier alpha value is -2.10. The van der Waals surface area contributed by atoms with E-state index in [1.54, 1.807) is 0 Å². The molecule has 0 aromatic heterocycles. The van der Waals surface area contributed by atoms with Crippen molar-refractivity contribution >= 4 is 11.6 Å². The van der Waals surface area contributed by atoms with Crippen LogP contribution in [0, 0.1) is 23.7 Å². The Morgan fingerprint density at radius 3 is 2.43 bits per heavy atom. The van der Waals surface area contributed by atoms with E-state index < -0.39 is 11.6 Å². The summed E-state index contributed by atoms with van der Waals surface area (Å²) in [6.07, 6.45) is 11.6. The van der Waals surface area contributed by atoms with Gasteiger partial charge in [0.25, 0.3) is 0 Å². The van der Waals surface area contributed by atoms with E-state index in [0.29, 0.717) is 0 Å². The van der Waals surface area contributed by atoms with Crippen LogP contribution in [-0.2, 0) is 9.59 Å². The topological polar surface area (TPSA) is 54.4 Å². The Morgan fingerprint density at radius 1 is 0.952 bits per heavy atom. The first-order valence-electron chi connectivity index (χ1n) is 7.32. The SMILES string of the molecule is O=C1C=CC=C(C#CC#CCCCCCCCCO)C1=O. The van der Waals surface area contributed by atoms with Gasteiger partial charge in [0.2, 0.25) is 11.6 Å². The van der Waals surface area contributed by atoms with E-state index in [0.717, 1.165) is 38.5 Å². The summed E-state index contributed by atoms with van der Waals surface area (Å²) in [4.78, 5) is 22.5. The molecule has 0 aromatic carbocycles. The highest BCUT2D eigenvalue weighted by Crippen LogP contribution is 2.06. The molecule has 0 saturated heterocycles. The minimum Gasteiger partial charge on any atom is -0.396 e. The number of carbonyl (C=O) groups excluding carboxylic acids is 2. The van der Waals surface area contributed by atoms with Gasteiger partial charge in [0.1, 0.15) is 0 Å². The molecular formula is C18H20O3. The van der Waals surface area contributed by atoms with E-state index in [-0.39, 0.29) is 12.2 Å². The van der Waals surface area contributed by atoms with E-state index >= 15 is 0 Å². The molecule has 0 heterocycles. The van der Waals surface area contributed by atoms with Crippen LogP contribution in [0.2, 0.25) is 0 Å². The van der Waals surface area contributed by atoms with Gasteiger partial charge in [-0.1, -0.05) is 37.7 Å². The van der Waals surface area contributed by atoms with Gasteiger partial charge in [-0.25, -0.2) is 0 Å². The van der Waals surface area contributed by atoms with Crippen molar-refractivity contribution in [3.63, 3.8) is 0 Å². The molecule has 21 heavy (non-hydrogen) atoms. The van der Waals surface area contributed by atoms with Crippen LogP contribution in [0.1, 0.15) is 44.9 Å². The summed E-state index contributed by atoms with van der Waals surface area (Å²) in [5.74, 6) is 9.79. The molecule has 110 valence electrons. The number of aliphatic hydroxyl groups is 1. The molecule has 0 aromatic rings. The third kappa shape index (κ3) is 7.30. The average Bonchev–Trinajstić information content (AvgIpc) is 2.49. The predicted molar refractivity (Wildman–Crippen MR) is 82.2 cm³/mol. The quantitative estimate of drug-likeness (QED) is 0.338. The molecule has 0 unspecified atom stereocenters. The van der Waals surface area contributed by atoms with Crippen molar-refractivity contribution in [1.82, 2.24) is 0 Å². The highest BCUT2D eigenvalue weighted by Gasteiger charge is 2.16. The number of hydrogen-bond donors (Lipinski definition) is 1. The van der Waals surface area contributed by atoms with Crippen LogP contribution < -0.4 is 0 Å². The van der Waals surface area contributed by atoms with Crippen molar-refractivity contribution in [3.05, 3.63) is 23.8 Å². The summed E-state index contributed by atoms with van der Waals surface area (Å²) in [6, 6.07) is 0. The molecule has 1 aliphatic carbocycles. The zero-order valence-electron chi connectivity index (χ0n) is 12.2. The lowest BCUT2D eigenvalue weighted by Crippen LogP contribution is -2.15. The highest BCUT2D eigenvalue weighted by molar-refractivity contribution is 6.49. The predicted octanol–water partition coefficient (Wildman–Crippen LogP) is 2.35. The normalized spacial score (nSPS) is 13.1. The summed E-state index contributed by atoms with van der Waals surface area (Å²) < 4.78 is 0. The van der Waals surface area contributed by atoms with Gasteiger partial charge in [-0.15, -0.1) is 0 Å². The first-order chi connectivity index (χ1) is 10.3. The summed E-state index contributed by atoms with van der Waals surface area (Å²) in [5, 5.41) is 8.64. The smallest absolute Gasteiger partial charge is 0.241 e. The summed E-state index contributed by atoms with van der Waals surface area (Å²) in [6.45, 7) is 0.282. The van der Waals surface area contributed by atoms with Crippen LogP contribution in [-0.4, -0.2) is 23.3 Å². The van der Waals surface area contributed by atoms with Gasteiger partial charge in [-0.2, -0.15) is 0 Å². The third-order valence-electron chi connectivity index (χ3n) is 3.04. The number of rotatable bonds is 7. The molecule has 0 atom stereocenters. The Kier molecular flexibility index (Phi) is 8.61. The van der Waals surface area contributed by atoms with Crippen LogP contribution in [0.15, 0.2) is 23.8 Å². The number of carbonyl (C=O) groups is 2. The molecule has 3 heteroatoms. The largest absolute Gasteiger partial charge is 0.396 e. The number of aliphatic hydroxyl groups excluding tert-OH is 1. The molecule has 1 aliphatic rings. The molecular weight excluding hydrogens is 264 g/mol. The molecule has 0 fully saturated rings. The fourth-order valence-corrected chi connectivity index (χ4v) is 1.85. The molecule has 0 saturated carbocycles. The van der Waals surface area contributed by atoms with Crippen LogP contribution in [0.25, 0.3) is 0 Å². The van der Waals surface area contributed by atoms with Crippen molar-refractivity contribution in [1.29, 1.82) is 0 Å². The molecule has 0 spiro atoms. The minimum absolute atomic E-state index is 0.209.